The Morgan fingerprint density at radius 1 is 1.05 bits per heavy atom. The van der Waals surface area contributed by atoms with Gasteiger partial charge < -0.3 is 0 Å². The fourth-order valence-electron chi connectivity index (χ4n) is 3.75. The van der Waals surface area contributed by atoms with Gasteiger partial charge in [0.1, 0.15) is 0 Å². The van der Waals surface area contributed by atoms with Crippen LogP contribution in [0.25, 0.3) is 0 Å². The molecular formula is C15H23IN2O2. The molecule has 0 amide bonds. The van der Waals surface area contributed by atoms with Gasteiger partial charge in [-0.3, -0.25) is 0 Å². The van der Waals surface area contributed by atoms with Crippen molar-refractivity contribution < 1.29 is 9.59 Å². The molecule has 0 radical (unpaired) electrons. The van der Waals surface area contributed by atoms with Gasteiger partial charge >= 0.3 is 0 Å². The predicted octanol–water partition coefficient (Wildman–Crippen LogP) is 3.97. The molecule has 0 aromatic rings. The van der Waals surface area contributed by atoms with Crippen molar-refractivity contribution in [1.82, 2.24) is 0 Å². The van der Waals surface area contributed by atoms with E-state index in [0.717, 1.165) is 32.1 Å². The molecule has 20 heavy (non-hydrogen) atoms. The van der Waals surface area contributed by atoms with Gasteiger partial charge in [0.25, 0.3) is 0 Å². The third-order valence-corrected chi connectivity index (χ3v) is 7.61. The molecule has 0 saturated heterocycles. The van der Waals surface area contributed by atoms with Crippen LogP contribution < -0.4 is 0 Å². The van der Waals surface area contributed by atoms with Gasteiger partial charge in [0, 0.05) is 0 Å². The quantitative estimate of drug-likeness (QED) is 0.309. The third-order valence-electron chi connectivity index (χ3n) is 5.11. The van der Waals surface area contributed by atoms with Crippen molar-refractivity contribution in [2.45, 2.75) is 74.8 Å². The van der Waals surface area contributed by atoms with Crippen LogP contribution in [0.4, 0.5) is 0 Å². The number of alkyl halides is 1. The Morgan fingerprint density at radius 2 is 1.60 bits per heavy atom. The van der Waals surface area contributed by atoms with Crippen LogP contribution in [0.2, 0.25) is 0 Å². The molecular weight excluding hydrogens is 367 g/mol. The number of carbonyl (C=O) groups excluding carboxylic acids is 2. The van der Waals surface area contributed by atoms with E-state index in [1.54, 1.807) is 12.2 Å². The van der Waals surface area contributed by atoms with Crippen LogP contribution in [-0.4, -0.2) is 27.2 Å². The highest BCUT2D eigenvalue weighted by Gasteiger charge is 2.57. The van der Waals surface area contributed by atoms with Crippen molar-refractivity contribution >= 4 is 34.8 Å². The van der Waals surface area contributed by atoms with E-state index in [4.69, 9.17) is 0 Å². The SMILES string of the molecule is CCC1(CC)CC(C)(N=C=O)C(I)C(CC)(N=C=O)C1. The van der Waals surface area contributed by atoms with Gasteiger partial charge in [0.05, 0.1) is 15.0 Å². The van der Waals surface area contributed by atoms with Gasteiger partial charge in [-0.2, -0.15) is 9.98 Å². The lowest BCUT2D eigenvalue weighted by molar-refractivity contribution is 0.0638. The Morgan fingerprint density at radius 3 is 2.00 bits per heavy atom. The molecule has 0 aromatic carbocycles. The zero-order valence-corrected chi connectivity index (χ0v) is 14.9. The second kappa shape index (κ2) is 6.50. The van der Waals surface area contributed by atoms with E-state index in [2.05, 4.69) is 46.4 Å². The van der Waals surface area contributed by atoms with Crippen LogP contribution in [0.15, 0.2) is 9.98 Å². The second-order valence-corrected chi connectivity index (χ2v) is 7.39. The van der Waals surface area contributed by atoms with Crippen LogP contribution in [0.3, 0.4) is 0 Å². The topological polar surface area (TPSA) is 58.9 Å². The molecule has 0 spiro atoms. The molecule has 0 aromatic heterocycles. The lowest BCUT2D eigenvalue weighted by atomic mass is 9.57. The summed E-state index contributed by atoms with van der Waals surface area (Å²) >= 11 is 2.30. The van der Waals surface area contributed by atoms with Crippen LogP contribution in [-0.2, 0) is 9.59 Å². The Bertz CT molecular complexity index is 451. The first-order chi connectivity index (χ1) is 9.37. The fourth-order valence-corrected chi connectivity index (χ4v) is 4.91. The molecule has 3 unspecified atom stereocenters. The van der Waals surface area contributed by atoms with E-state index in [-0.39, 0.29) is 9.34 Å². The Hall–Kier alpha value is -0.510. The Balaban J connectivity index is 3.45. The molecule has 1 aliphatic rings. The van der Waals surface area contributed by atoms with Gasteiger partial charge in [0.15, 0.2) is 0 Å². The molecule has 0 aliphatic heterocycles. The molecule has 1 rings (SSSR count). The van der Waals surface area contributed by atoms with Crippen molar-refractivity contribution in [3.8, 4) is 0 Å². The van der Waals surface area contributed by atoms with E-state index < -0.39 is 11.1 Å². The number of rotatable bonds is 5. The van der Waals surface area contributed by atoms with E-state index in [1.807, 2.05) is 13.8 Å². The summed E-state index contributed by atoms with van der Waals surface area (Å²) in [7, 11) is 0. The highest BCUT2D eigenvalue weighted by atomic mass is 127. The lowest BCUT2D eigenvalue weighted by Crippen LogP contribution is -2.58. The number of hydrogen-bond acceptors (Lipinski definition) is 4. The number of nitrogens with zero attached hydrogens (tertiary/aromatic N) is 2. The summed E-state index contributed by atoms with van der Waals surface area (Å²) in [6.45, 7) is 8.35. The van der Waals surface area contributed by atoms with Gasteiger partial charge in [0.2, 0.25) is 12.2 Å². The molecule has 5 heteroatoms. The van der Waals surface area contributed by atoms with E-state index in [1.165, 1.54) is 0 Å². The smallest absolute Gasteiger partial charge is 0.211 e. The van der Waals surface area contributed by atoms with Crippen molar-refractivity contribution in [2.24, 2.45) is 15.4 Å². The zero-order valence-electron chi connectivity index (χ0n) is 12.7. The van der Waals surface area contributed by atoms with E-state index >= 15 is 0 Å². The third kappa shape index (κ3) is 2.90. The predicted molar refractivity (Wildman–Crippen MR) is 87.7 cm³/mol. The molecule has 4 nitrogen and oxygen atoms in total. The minimum atomic E-state index is -0.525. The maximum Gasteiger partial charge on any atom is 0.235 e. The minimum Gasteiger partial charge on any atom is -0.211 e. The summed E-state index contributed by atoms with van der Waals surface area (Å²) < 4.78 is -0.00766. The largest absolute Gasteiger partial charge is 0.235 e. The summed E-state index contributed by atoms with van der Waals surface area (Å²) in [6, 6.07) is 0. The average molecular weight is 390 g/mol. The number of halogens is 1. The zero-order chi connectivity index (χ0) is 15.4. The standard InChI is InChI=1S/C15H23IN2O2/c1-5-14(6-2)8-13(4,17-10-19)12(16)15(7-3,9-14)18-11-20/h12H,5-9H2,1-4H3. The summed E-state index contributed by atoms with van der Waals surface area (Å²) in [4.78, 5) is 30.1. The molecule has 3 atom stereocenters. The molecule has 0 heterocycles. The number of aliphatic imine (C=N–C) groups is 2. The number of hydrogen-bond donors (Lipinski definition) is 0. The van der Waals surface area contributed by atoms with Crippen LogP contribution >= 0.6 is 22.6 Å². The average Bonchev–Trinajstić information content (AvgIpc) is 2.44. The molecule has 1 fully saturated rings. The highest BCUT2D eigenvalue weighted by molar-refractivity contribution is 14.1. The normalized spacial score (nSPS) is 35.8. The lowest BCUT2D eigenvalue weighted by Gasteiger charge is -2.54. The minimum absolute atomic E-state index is 0.00766. The summed E-state index contributed by atoms with van der Waals surface area (Å²) in [5, 5.41) is 0. The van der Waals surface area contributed by atoms with Gasteiger partial charge in [-0.25, -0.2) is 9.59 Å². The molecule has 112 valence electrons. The summed E-state index contributed by atoms with van der Waals surface area (Å²) in [5.74, 6) is 0. The monoisotopic (exact) mass is 390 g/mol. The van der Waals surface area contributed by atoms with Gasteiger partial charge in [-0.1, -0.05) is 56.2 Å². The van der Waals surface area contributed by atoms with E-state index in [9.17, 15) is 9.59 Å². The maximum atomic E-state index is 10.9. The summed E-state index contributed by atoms with van der Waals surface area (Å²) in [5.41, 5.74) is -0.947. The van der Waals surface area contributed by atoms with Gasteiger partial charge in [-0.05, 0) is 31.6 Å². The molecule has 1 saturated carbocycles. The first-order valence-electron chi connectivity index (χ1n) is 7.19. The summed E-state index contributed by atoms with van der Waals surface area (Å²) in [6.07, 6.45) is 7.92. The fraction of sp³-hybridized carbons (Fsp3) is 0.867. The van der Waals surface area contributed by atoms with Crippen molar-refractivity contribution in [3.05, 3.63) is 0 Å². The molecule has 0 bridgehead atoms. The van der Waals surface area contributed by atoms with Gasteiger partial charge in [-0.15, -0.1) is 0 Å². The van der Waals surface area contributed by atoms with Crippen molar-refractivity contribution in [1.29, 1.82) is 0 Å². The van der Waals surface area contributed by atoms with Crippen molar-refractivity contribution in [3.63, 3.8) is 0 Å². The second-order valence-electron chi connectivity index (χ2n) is 6.14. The molecule has 1 aliphatic carbocycles. The number of isocyanates is 2. The van der Waals surface area contributed by atoms with Crippen LogP contribution in [0.1, 0.15) is 59.8 Å². The Kier molecular flexibility index (Phi) is 5.70. The van der Waals surface area contributed by atoms with E-state index in [0.29, 0.717) is 0 Å². The van der Waals surface area contributed by atoms with Crippen LogP contribution in [0.5, 0.6) is 0 Å². The van der Waals surface area contributed by atoms with Crippen LogP contribution in [0, 0.1) is 5.41 Å². The Labute approximate surface area is 134 Å². The first kappa shape index (κ1) is 17.5. The maximum absolute atomic E-state index is 10.9. The first-order valence-corrected chi connectivity index (χ1v) is 8.44. The van der Waals surface area contributed by atoms with Crippen molar-refractivity contribution in [2.75, 3.05) is 0 Å². The highest BCUT2D eigenvalue weighted by Crippen LogP contribution is 2.56. The molecule has 0 N–H and O–H groups in total.